The van der Waals surface area contributed by atoms with Crippen LogP contribution in [-0.4, -0.2) is 63.9 Å². The van der Waals surface area contributed by atoms with Gasteiger partial charge in [0.15, 0.2) is 0 Å². The fourth-order valence-electron chi connectivity index (χ4n) is 4.13. The van der Waals surface area contributed by atoms with Crippen LogP contribution in [0.3, 0.4) is 0 Å². The van der Waals surface area contributed by atoms with Gasteiger partial charge in [-0.1, -0.05) is 37.6 Å². The average Bonchev–Trinajstić information content (AvgIpc) is 2.78. The summed E-state index contributed by atoms with van der Waals surface area (Å²) >= 11 is 6.09. The van der Waals surface area contributed by atoms with Crippen molar-refractivity contribution in [1.29, 1.82) is 0 Å². The number of para-hydroxylation sites is 1. The zero-order valence-electron chi connectivity index (χ0n) is 19.5. The predicted molar refractivity (Wildman–Crippen MR) is 129 cm³/mol. The van der Waals surface area contributed by atoms with Gasteiger partial charge in [-0.05, 0) is 48.6 Å². The lowest BCUT2D eigenvalue weighted by atomic mass is 9.94. The van der Waals surface area contributed by atoms with E-state index in [1.165, 1.54) is 28.4 Å². The number of rotatable bonds is 8. The molecule has 0 saturated carbocycles. The van der Waals surface area contributed by atoms with E-state index in [9.17, 15) is 13.2 Å². The molecule has 0 aliphatic carbocycles. The van der Waals surface area contributed by atoms with E-state index in [0.717, 1.165) is 6.42 Å². The Balaban J connectivity index is 1.76. The first-order valence-electron chi connectivity index (χ1n) is 10.9. The molecule has 33 heavy (non-hydrogen) atoms. The Kier molecular flexibility index (Phi) is 8.26. The van der Waals surface area contributed by atoms with Gasteiger partial charge in [-0.2, -0.15) is 4.31 Å². The molecule has 0 aromatic heterocycles. The normalized spacial score (nSPS) is 19.2. The van der Waals surface area contributed by atoms with Gasteiger partial charge in [-0.15, -0.1) is 0 Å². The van der Waals surface area contributed by atoms with Crippen molar-refractivity contribution in [1.82, 2.24) is 9.21 Å². The maximum Gasteiger partial charge on any atom is 0.253 e. The third kappa shape index (κ3) is 5.99. The highest BCUT2D eigenvalue weighted by atomic mass is 35.5. The minimum absolute atomic E-state index is 0.0119. The summed E-state index contributed by atoms with van der Waals surface area (Å²) in [7, 11) is -0.742. The number of nitrogens with zero attached hydrogens (tertiary/aromatic N) is 2. The van der Waals surface area contributed by atoms with E-state index < -0.39 is 10.0 Å². The van der Waals surface area contributed by atoms with Gasteiger partial charge in [0, 0.05) is 25.7 Å². The monoisotopic (exact) mass is 494 g/mol. The number of piperidine rings is 1. The van der Waals surface area contributed by atoms with E-state index in [1.807, 2.05) is 12.1 Å². The number of likely N-dealkylation sites (N-methyl/N-ethyl adjacent to an activating group) is 1. The van der Waals surface area contributed by atoms with Crippen LogP contribution in [0.2, 0.25) is 5.02 Å². The molecule has 0 N–H and O–H groups in total. The van der Waals surface area contributed by atoms with E-state index >= 15 is 0 Å². The average molecular weight is 495 g/mol. The third-order valence-corrected chi connectivity index (χ3v) is 7.90. The molecule has 1 aliphatic rings. The standard InChI is InChI=1S/C24H31ClN2O5S/c1-17-13-18(2)16-27(15-17)33(29,30)23-14-19(9-10-22(23)31-4)24(28)26(3)11-12-32-21-8-6-5-7-20(21)25/h5-10,14,17-18H,11-13,15-16H2,1-4H3. The van der Waals surface area contributed by atoms with Crippen LogP contribution in [0.15, 0.2) is 47.4 Å². The number of hydrogen-bond donors (Lipinski definition) is 0. The Morgan fingerprint density at radius 3 is 2.42 bits per heavy atom. The second-order valence-electron chi connectivity index (χ2n) is 8.64. The summed E-state index contributed by atoms with van der Waals surface area (Å²) in [6.45, 7) is 5.56. The summed E-state index contributed by atoms with van der Waals surface area (Å²) < 4.78 is 39.4. The summed E-state index contributed by atoms with van der Waals surface area (Å²) in [5.41, 5.74) is 0.271. The molecule has 2 atom stereocenters. The molecule has 7 nitrogen and oxygen atoms in total. The molecule has 3 rings (SSSR count). The lowest BCUT2D eigenvalue weighted by Crippen LogP contribution is -2.42. The number of benzene rings is 2. The van der Waals surface area contributed by atoms with Crippen molar-refractivity contribution in [2.75, 3.05) is 40.4 Å². The lowest BCUT2D eigenvalue weighted by Gasteiger charge is -2.34. The molecule has 180 valence electrons. The number of carbonyl (C=O) groups is 1. The van der Waals surface area contributed by atoms with Gasteiger partial charge in [0.1, 0.15) is 23.0 Å². The Morgan fingerprint density at radius 2 is 1.79 bits per heavy atom. The molecule has 1 saturated heterocycles. The van der Waals surface area contributed by atoms with Crippen molar-refractivity contribution in [3.63, 3.8) is 0 Å². The van der Waals surface area contributed by atoms with Crippen LogP contribution in [-0.2, 0) is 10.0 Å². The van der Waals surface area contributed by atoms with Crippen molar-refractivity contribution >= 4 is 27.5 Å². The molecule has 1 amide bonds. The molecular formula is C24H31ClN2O5S. The van der Waals surface area contributed by atoms with Gasteiger partial charge in [-0.25, -0.2) is 8.42 Å². The molecule has 0 spiro atoms. The first-order valence-corrected chi connectivity index (χ1v) is 12.8. The number of hydrogen-bond acceptors (Lipinski definition) is 5. The molecule has 9 heteroatoms. The maximum atomic E-state index is 13.5. The van der Waals surface area contributed by atoms with Gasteiger partial charge in [-0.3, -0.25) is 4.79 Å². The van der Waals surface area contributed by atoms with Crippen LogP contribution < -0.4 is 9.47 Å². The number of halogens is 1. The van der Waals surface area contributed by atoms with Crippen molar-refractivity contribution < 1.29 is 22.7 Å². The number of amides is 1. The van der Waals surface area contributed by atoms with Crippen LogP contribution in [0.5, 0.6) is 11.5 Å². The van der Waals surface area contributed by atoms with Crippen molar-refractivity contribution in [2.45, 2.75) is 25.2 Å². The van der Waals surface area contributed by atoms with Gasteiger partial charge in [0.05, 0.1) is 18.7 Å². The smallest absolute Gasteiger partial charge is 0.253 e. The van der Waals surface area contributed by atoms with E-state index in [2.05, 4.69) is 13.8 Å². The summed E-state index contributed by atoms with van der Waals surface area (Å²) in [4.78, 5) is 14.5. The Bertz CT molecular complexity index is 1080. The molecule has 1 heterocycles. The van der Waals surface area contributed by atoms with Crippen LogP contribution in [0.4, 0.5) is 0 Å². The highest BCUT2D eigenvalue weighted by Gasteiger charge is 2.34. The topological polar surface area (TPSA) is 76.1 Å². The summed E-state index contributed by atoms with van der Waals surface area (Å²) in [6.07, 6.45) is 0.989. The molecule has 2 unspecified atom stereocenters. The van der Waals surface area contributed by atoms with E-state index in [1.54, 1.807) is 25.2 Å². The second-order valence-corrected chi connectivity index (χ2v) is 11.0. The quantitative estimate of drug-likeness (QED) is 0.550. The van der Waals surface area contributed by atoms with Crippen LogP contribution in [0, 0.1) is 11.8 Å². The predicted octanol–water partition coefficient (Wildman–Crippen LogP) is 4.17. The summed E-state index contributed by atoms with van der Waals surface area (Å²) in [6, 6.07) is 11.6. The van der Waals surface area contributed by atoms with Gasteiger partial charge >= 0.3 is 0 Å². The van der Waals surface area contributed by atoms with Crippen molar-refractivity contribution in [3.8, 4) is 11.5 Å². The van der Waals surface area contributed by atoms with Crippen molar-refractivity contribution in [3.05, 3.63) is 53.1 Å². The van der Waals surface area contributed by atoms with Crippen LogP contribution in [0.1, 0.15) is 30.6 Å². The maximum absolute atomic E-state index is 13.5. The minimum atomic E-state index is -3.81. The van der Waals surface area contributed by atoms with Gasteiger partial charge in [0.2, 0.25) is 10.0 Å². The number of ether oxygens (including phenoxy) is 2. The van der Waals surface area contributed by atoms with Crippen molar-refractivity contribution in [2.24, 2.45) is 11.8 Å². The highest BCUT2D eigenvalue weighted by molar-refractivity contribution is 7.89. The van der Waals surface area contributed by atoms with Gasteiger partial charge < -0.3 is 14.4 Å². The molecule has 1 aliphatic heterocycles. The SMILES string of the molecule is COc1ccc(C(=O)N(C)CCOc2ccccc2Cl)cc1S(=O)(=O)N1CC(C)CC(C)C1. The number of carbonyl (C=O) groups excluding carboxylic acids is 1. The first kappa shape index (κ1) is 25.3. The minimum Gasteiger partial charge on any atom is -0.495 e. The fourth-order valence-corrected chi connectivity index (χ4v) is 6.18. The molecule has 1 fully saturated rings. The second kappa shape index (κ2) is 10.8. The highest BCUT2D eigenvalue weighted by Crippen LogP contribution is 2.32. The summed E-state index contributed by atoms with van der Waals surface area (Å²) in [5, 5.41) is 0.498. The number of methoxy groups -OCH3 is 1. The molecule has 2 aromatic rings. The first-order chi connectivity index (χ1) is 15.6. The largest absolute Gasteiger partial charge is 0.495 e. The Labute approximate surface area is 201 Å². The third-order valence-electron chi connectivity index (χ3n) is 5.73. The Morgan fingerprint density at radius 1 is 1.12 bits per heavy atom. The zero-order chi connectivity index (χ0) is 24.2. The van der Waals surface area contributed by atoms with E-state index in [0.29, 0.717) is 30.4 Å². The fraction of sp³-hybridized carbons (Fsp3) is 0.458. The molecule has 0 radical (unpaired) electrons. The molecule has 0 bridgehead atoms. The summed E-state index contributed by atoms with van der Waals surface area (Å²) in [5.74, 6) is 0.995. The van der Waals surface area contributed by atoms with E-state index in [-0.39, 0.29) is 40.6 Å². The molecule has 2 aromatic carbocycles. The lowest BCUT2D eigenvalue weighted by molar-refractivity contribution is 0.0773. The van der Waals surface area contributed by atoms with Crippen LogP contribution >= 0.6 is 11.6 Å². The van der Waals surface area contributed by atoms with Gasteiger partial charge in [0.25, 0.3) is 5.91 Å². The van der Waals surface area contributed by atoms with Crippen LogP contribution in [0.25, 0.3) is 0 Å². The number of sulfonamides is 1. The molecular weight excluding hydrogens is 464 g/mol. The Hall–Kier alpha value is -2.29. The van der Waals surface area contributed by atoms with E-state index in [4.69, 9.17) is 21.1 Å². The zero-order valence-corrected chi connectivity index (χ0v) is 21.0.